The highest BCUT2D eigenvalue weighted by molar-refractivity contribution is 5.66. The summed E-state index contributed by atoms with van der Waals surface area (Å²) in [7, 11) is 0. The minimum atomic E-state index is -1.22. The van der Waals surface area contributed by atoms with Crippen molar-refractivity contribution in [2.24, 2.45) is 5.92 Å². The fourth-order valence-corrected chi connectivity index (χ4v) is 5.45. The molecule has 200 valence electrons. The lowest BCUT2D eigenvalue weighted by molar-refractivity contribution is 0.285. The molecule has 0 bridgehead atoms. The number of hydrogen-bond donors (Lipinski definition) is 0. The zero-order valence-electron chi connectivity index (χ0n) is 22.0. The molecule has 1 aliphatic carbocycles. The lowest BCUT2D eigenvalue weighted by atomic mass is 9.76. The van der Waals surface area contributed by atoms with Gasteiger partial charge in [0.25, 0.3) is 0 Å². The Kier molecular flexibility index (Phi) is 11.6. The molecule has 0 amide bonds. The Hall–Kier alpha value is -2.04. The average molecular weight is 507 g/mol. The molecule has 0 N–H and O–H groups in total. The Morgan fingerprint density at radius 3 is 1.89 bits per heavy atom. The van der Waals surface area contributed by atoms with E-state index < -0.39 is 23.3 Å². The number of halogens is 4. The quantitative estimate of drug-likeness (QED) is 0.183. The van der Waals surface area contributed by atoms with Gasteiger partial charge < -0.3 is 4.74 Å². The third kappa shape index (κ3) is 7.49. The van der Waals surface area contributed by atoms with Crippen molar-refractivity contribution < 1.29 is 22.3 Å². The summed E-state index contributed by atoms with van der Waals surface area (Å²) in [5, 5.41) is 0. The summed E-state index contributed by atoms with van der Waals surface area (Å²) in [6, 6.07) is 5.50. The molecule has 0 radical (unpaired) electrons. The normalized spacial score (nSPS) is 17.9. The first-order valence-corrected chi connectivity index (χ1v) is 14.1. The van der Waals surface area contributed by atoms with Gasteiger partial charge in [-0.1, -0.05) is 83.8 Å². The highest BCUT2D eigenvalue weighted by Gasteiger charge is 2.27. The van der Waals surface area contributed by atoms with Gasteiger partial charge in [-0.15, -0.1) is 0 Å². The first-order valence-electron chi connectivity index (χ1n) is 14.1. The molecule has 2 aromatic rings. The number of hydrogen-bond acceptors (Lipinski definition) is 1. The fourth-order valence-electron chi connectivity index (χ4n) is 5.45. The van der Waals surface area contributed by atoms with Crippen LogP contribution in [0.5, 0.6) is 5.75 Å². The van der Waals surface area contributed by atoms with E-state index in [1.807, 2.05) is 0 Å². The molecule has 2 aromatic carbocycles. The molecular formula is C31H42F4O. The van der Waals surface area contributed by atoms with Crippen molar-refractivity contribution in [1.29, 1.82) is 0 Å². The van der Waals surface area contributed by atoms with Crippen LogP contribution in [0.4, 0.5) is 17.6 Å². The summed E-state index contributed by atoms with van der Waals surface area (Å²) in [4.78, 5) is 0. The number of benzene rings is 2. The van der Waals surface area contributed by atoms with Crippen LogP contribution >= 0.6 is 0 Å². The summed E-state index contributed by atoms with van der Waals surface area (Å²) >= 11 is 0. The lowest BCUT2D eigenvalue weighted by Crippen LogP contribution is -2.15. The van der Waals surface area contributed by atoms with Crippen molar-refractivity contribution in [1.82, 2.24) is 0 Å². The van der Waals surface area contributed by atoms with Crippen molar-refractivity contribution >= 4 is 0 Å². The molecule has 0 aromatic heterocycles. The van der Waals surface area contributed by atoms with Crippen LogP contribution in [0, 0.1) is 29.2 Å². The van der Waals surface area contributed by atoms with Gasteiger partial charge in [-0.2, -0.15) is 4.39 Å². The average Bonchev–Trinajstić information content (AvgIpc) is 2.89. The Morgan fingerprint density at radius 1 is 0.639 bits per heavy atom. The lowest BCUT2D eigenvalue weighted by Gasteiger charge is -2.29. The molecule has 1 aliphatic rings. The second-order valence-corrected chi connectivity index (χ2v) is 10.4. The summed E-state index contributed by atoms with van der Waals surface area (Å²) in [6.45, 7) is 4.59. The van der Waals surface area contributed by atoms with E-state index in [9.17, 15) is 8.78 Å². The molecule has 0 unspecified atom stereocenters. The minimum Gasteiger partial charge on any atom is -0.490 e. The third-order valence-electron chi connectivity index (χ3n) is 7.71. The molecule has 5 heteroatoms. The molecule has 0 heterocycles. The topological polar surface area (TPSA) is 9.23 Å². The van der Waals surface area contributed by atoms with Gasteiger partial charge in [-0.25, -0.2) is 13.2 Å². The number of unbranched alkanes of at least 4 members (excludes halogenated alkanes) is 7. The van der Waals surface area contributed by atoms with Gasteiger partial charge >= 0.3 is 0 Å². The zero-order chi connectivity index (χ0) is 25.9. The van der Waals surface area contributed by atoms with Crippen LogP contribution in [0.3, 0.4) is 0 Å². The van der Waals surface area contributed by atoms with E-state index in [2.05, 4.69) is 13.8 Å². The van der Waals surface area contributed by atoms with E-state index in [1.54, 1.807) is 6.07 Å². The van der Waals surface area contributed by atoms with Crippen molar-refractivity contribution in [3.63, 3.8) is 0 Å². The van der Waals surface area contributed by atoms with Crippen molar-refractivity contribution in [3.05, 3.63) is 53.1 Å². The standard InChI is InChI=1S/C31H42F4O/c1-3-5-7-9-10-12-22-13-15-23(16-14-22)24-17-18-25(29(33)28(24)32)26-19-20-27(31(35)30(26)34)36-21-11-8-6-4-2/h17-20,22-23H,3-16,21H2,1-2H3. The SMILES string of the molecule is CCCCCCCC1CCC(c2ccc(-c3ccc(OCCCCCC)c(F)c3F)c(F)c2F)CC1. The van der Waals surface area contributed by atoms with Gasteiger partial charge in [0.2, 0.25) is 5.82 Å². The van der Waals surface area contributed by atoms with E-state index in [4.69, 9.17) is 4.74 Å². The summed E-state index contributed by atoms with van der Waals surface area (Å²) in [5.41, 5.74) is -0.200. The molecule has 0 aliphatic heterocycles. The van der Waals surface area contributed by atoms with E-state index in [0.717, 1.165) is 51.4 Å². The van der Waals surface area contributed by atoms with Crippen LogP contribution in [0.25, 0.3) is 11.1 Å². The second kappa shape index (κ2) is 14.6. The van der Waals surface area contributed by atoms with Crippen molar-refractivity contribution in [2.45, 2.75) is 110 Å². The predicted octanol–water partition coefficient (Wildman–Crippen LogP) is 10.5. The largest absolute Gasteiger partial charge is 0.490 e. The van der Waals surface area contributed by atoms with Gasteiger partial charge in [0.1, 0.15) is 0 Å². The molecular weight excluding hydrogens is 464 g/mol. The van der Waals surface area contributed by atoms with Gasteiger partial charge in [-0.3, -0.25) is 0 Å². The van der Waals surface area contributed by atoms with Crippen LogP contribution < -0.4 is 4.74 Å². The van der Waals surface area contributed by atoms with Crippen LogP contribution in [0.2, 0.25) is 0 Å². The smallest absolute Gasteiger partial charge is 0.201 e. The van der Waals surface area contributed by atoms with Crippen LogP contribution in [0.15, 0.2) is 24.3 Å². The summed E-state index contributed by atoms with van der Waals surface area (Å²) < 4.78 is 65.0. The Labute approximate surface area is 214 Å². The van der Waals surface area contributed by atoms with Gasteiger partial charge in [-0.05, 0) is 61.6 Å². The first-order chi connectivity index (χ1) is 17.5. The Balaban J connectivity index is 1.63. The fraction of sp³-hybridized carbons (Fsp3) is 0.613. The van der Waals surface area contributed by atoms with Crippen LogP contribution in [-0.4, -0.2) is 6.61 Å². The summed E-state index contributed by atoms with van der Waals surface area (Å²) in [6.07, 6.45) is 15.1. The third-order valence-corrected chi connectivity index (χ3v) is 7.71. The zero-order valence-corrected chi connectivity index (χ0v) is 22.0. The maximum absolute atomic E-state index is 15.1. The number of ether oxygens (including phenoxy) is 1. The Bertz CT molecular complexity index is 950. The van der Waals surface area contributed by atoms with Crippen molar-refractivity contribution in [2.75, 3.05) is 6.61 Å². The van der Waals surface area contributed by atoms with Crippen LogP contribution in [-0.2, 0) is 0 Å². The molecule has 1 saturated carbocycles. The molecule has 1 fully saturated rings. The first kappa shape index (κ1) is 28.5. The second-order valence-electron chi connectivity index (χ2n) is 10.4. The monoisotopic (exact) mass is 506 g/mol. The van der Waals surface area contributed by atoms with Crippen LogP contribution in [0.1, 0.15) is 115 Å². The molecule has 3 rings (SSSR count). The molecule has 0 atom stereocenters. The molecule has 36 heavy (non-hydrogen) atoms. The minimum absolute atomic E-state index is 0.0324. The molecule has 0 spiro atoms. The van der Waals surface area contributed by atoms with Crippen molar-refractivity contribution in [3.8, 4) is 16.9 Å². The Morgan fingerprint density at radius 2 is 1.22 bits per heavy atom. The van der Waals surface area contributed by atoms with E-state index in [1.165, 1.54) is 56.7 Å². The van der Waals surface area contributed by atoms with Gasteiger partial charge in [0.05, 0.1) is 6.61 Å². The van der Waals surface area contributed by atoms with Gasteiger partial charge in [0.15, 0.2) is 23.2 Å². The number of rotatable bonds is 14. The highest BCUT2D eigenvalue weighted by Crippen LogP contribution is 2.41. The maximum Gasteiger partial charge on any atom is 0.201 e. The molecule has 0 saturated heterocycles. The van der Waals surface area contributed by atoms with Gasteiger partial charge in [0, 0.05) is 11.1 Å². The van der Waals surface area contributed by atoms with E-state index in [0.29, 0.717) is 11.5 Å². The molecule has 1 nitrogen and oxygen atoms in total. The summed E-state index contributed by atoms with van der Waals surface area (Å²) in [5.74, 6) is -4.00. The van der Waals surface area contributed by atoms with E-state index >= 15 is 8.78 Å². The predicted molar refractivity (Wildman–Crippen MR) is 139 cm³/mol. The maximum atomic E-state index is 15.1. The van der Waals surface area contributed by atoms with E-state index in [-0.39, 0.29) is 29.4 Å². The highest BCUT2D eigenvalue weighted by atomic mass is 19.2.